The van der Waals surface area contributed by atoms with Gasteiger partial charge in [-0.05, 0) is 25.0 Å². The zero-order valence-electron chi connectivity index (χ0n) is 12.1. The molecule has 1 aliphatic heterocycles. The number of nitrogens with one attached hydrogen (secondary N) is 1. The van der Waals surface area contributed by atoms with Crippen LogP contribution in [0.3, 0.4) is 0 Å². The predicted octanol–water partition coefficient (Wildman–Crippen LogP) is 1.21. The lowest BCUT2D eigenvalue weighted by Crippen LogP contribution is -2.48. The van der Waals surface area contributed by atoms with Gasteiger partial charge in [-0.25, -0.2) is 4.98 Å². The van der Waals surface area contributed by atoms with E-state index in [-0.39, 0.29) is 11.9 Å². The standard InChI is InChI=1S/C15H19N5O/c1-19-10-12(9-17-19)15(21)18-13-5-4-8-20(11-13)14-6-2-3-7-16-14/h2-3,6-7,9-10,13H,4-5,8,11H2,1H3,(H,18,21). The fraction of sp³-hybridized carbons (Fsp3) is 0.400. The molecule has 6 nitrogen and oxygen atoms in total. The van der Waals surface area contributed by atoms with E-state index in [0.29, 0.717) is 5.56 Å². The summed E-state index contributed by atoms with van der Waals surface area (Å²) in [6.07, 6.45) is 7.17. The Bertz CT molecular complexity index is 610. The zero-order valence-corrected chi connectivity index (χ0v) is 12.1. The molecule has 2 aromatic heterocycles. The van der Waals surface area contributed by atoms with Crippen molar-refractivity contribution in [2.45, 2.75) is 18.9 Å². The quantitative estimate of drug-likeness (QED) is 0.921. The van der Waals surface area contributed by atoms with Gasteiger partial charge in [-0.1, -0.05) is 6.07 Å². The summed E-state index contributed by atoms with van der Waals surface area (Å²) in [5.74, 6) is 0.911. The first-order valence-electron chi connectivity index (χ1n) is 7.18. The normalized spacial score (nSPS) is 18.5. The number of carbonyl (C=O) groups excluding carboxylic acids is 1. The molecular formula is C15H19N5O. The van der Waals surface area contributed by atoms with E-state index in [2.05, 4.69) is 20.3 Å². The van der Waals surface area contributed by atoms with Crippen molar-refractivity contribution in [3.63, 3.8) is 0 Å². The maximum atomic E-state index is 12.2. The molecule has 1 fully saturated rings. The summed E-state index contributed by atoms with van der Waals surface area (Å²) in [5, 5.41) is 7.12. The fourth-order valence-corrected chi connectivity index (χ4v) is 2.65. The van der Waals surface area contributed by atoms with Gasteiger partial charge in [0.2, 0.25) is 0 Å². The van der Waals surface area contributed by atoms with Crippen LogP contribution in [0.2, 0.25) is 0 Å². The van der Waals surface area contributed by atoms with E-state index in [0.717, 1.165) is 31.7 Å². The minimum Gasteiger partial charge on any atom is -0.355 e. The molecule has 1 amide bonds. The Morgan fingerprint density at radius 3 is 3.05 bits per heavy atom. The molecule has 0 bridgehead atoms. The second-order valence-electron chi connectivity index (χ2n) is 5.35. The van der Waals surface area contributed by atoms with E-state index in [9.17, 15) is 4.79 Å². The lowest BCUT2D eigenvalue weighted by Gasteiger charge is -2.33. The molecule has 6 heteroatoms. The van der Waals surface area contributed by atoms with Crippen molar-refractivity contribution in [1.82, 2.24) is 20.1 Å². The largest absolute Gasteiger partial charge is 0.355 e. The zero-order chi connectivity index (χ0) is 14.7. The molecule has 110 valence electrons. The van der Waals surface area contributed by atoms with E-state index in [1.165, 1.54) is 0 Å². The SMILES string of the molecule is Cn1cc(C(=O)NC2CCCN(c3ccccn3)C2)cn1. The first-order chi connectivity index (χ1) is 10.2. The number of piperidine rings is 1. The number of nitrogens with zero attached hydrogens (tertiary/aromatic N) is 4. The van der Waals surface area contributed by atoms with Gasteiger partial charge in [0.05, 0.1) is 11.8 Å². The van der Waals surface area contributed by atoms with Gasteiger partial charge in [0.15, 0.2) is 0 Å². The monoisotopic (exact) mass is 285 g/mol. The number of carbonyl (C=O) groups is 1. The summed E-state index contributed by atoms with van der Waals surface area (Å²) in [4.78, 5) is 18.8. The Morgan fingerprint density at radius 1 is 1.43 bits per heavy atom. The van der Waals surface area contributed by atoms with Crippen molar-refractivity contribution in [3.8, 4) is 0 Å². The van der Waals surface area contributed by atoms with E-state index in [1.54, 1.807) is 30.3 Å². The predicted molar refractivity (Wildman–Crippen MR) is 80.1 cm³/mol. The second-order valence-corrected chi connectivity index (χ2v) is 5.35. The molecule has 3 heterocycles. The van der Waals surface area contributed by atoms with Gasteiger partial charge in [-0.3, -0.25) is 9.48 Å². The number of hydrogen-bond donors (Lipinski definition) is 1. The van der Waals surface area contributed by atoms with Crippen molar-refractivity contribution in [3.05, 3.63) is 42.4 Å². The van der Waals surface area contributed by atoms with Crippen LogP contribution in [0, 0.1) is 0 Å². The highest BCUT2D eigenvalue weighted by Gasteiger charge is 2.22. The van der Waals surface area contributed by atoms with Gasteiger partial charge in [0, 0.05) is 38.6 Å². The first kappa shape index (κ1) is 13.6. The van der Waals surface area contributed by atoms with E-state index in [1.807, 2.05) is 18.2 Å². The van der Waals surface area contributed by atoms with Crippen molar-refractivity contribution in [1.29, 1.82) is 0 Å². The van der Waals surface area contributed by atoms with Crippen molar-refractivity contribution in [2.24, 2.45) is 7.05 Å². The van der Waals surface area contributed by atoms with Crippen LogP contribution < -0.4 is 10.2 Å². The number of amides is 1. The van der Waals surface area contributed by atoms with Crippen LogP contribution in [-0.2, 0) is 7.05 Å². The Balaban J connectivity index is 1.62. The molecule has 1 aliphatic rings. The molecule has 0 aliphatic carbocycles. The Labute approximate surface area is 123 Å². The third kappa shape index (κ3) is 3.21. The van der Waals surface area contributed by atoms with Gasteiger partial charge in [-0.15, -0.1) is 0 Å². The summed E-state index contributed by atoms with van der Waals surface area (Å²) in [7, 11) is 1.81. The van der Waals surface area contributed by atoms with Crippen LogP contribution in [-0.4, -0.2) is 39.8 Å². The molecule has 3 rings (SSSR count). The number of anilines is 1. The van der Waals surface area contributed by atoms with Crippen LogP contribution in [0.25, 0.3) is 0 Å². The Hall–Kier alpha value is -2.37. The number of aryl methyl sites for hydroxylation is 1. The highest BCUT2D eigenvalue weighted by Crippen LogP contribution is 2.17. The summed E-state index contributed by atoms with van der Waals surface area (Å²) in [5.41, 5.74) is 0.604. The van der Waals surface area contributed by atoms with E-state index < -0.39 is 0 Å². The summed E-state index contributed by atoms with van der Waals surface area (Å²) in [6.45, 7) is 1.78. The molecule has 21 heavy (non-hydrogen) atoms. The number of pyridine rings is 1. The van der Waals surface area contributed by atoms with Gasteiger partial charge in [-0.2, -0.15) is 5.10 Å². The minimum atomic E-state index is -0.0593. The molecule has 2 aromatic rings. The van der Waals surface area contributed by atoms with E-state index >= 15 is 0 Å². The fourth-order valence-electron chi connectivity index (χ4n) is 2.65. The Morgan fingerprint density at radius 2 is 2.33 bits per heavy atom. The highest BCUT2D eigenvalue weighted by atomic mass is 16.1. The smallest absolute Gasteiger partial charge is 0.254 e. The Kier molecular flexibility index (Phi) is 3.85. The number of hydrogen-bond acceptors (Lipinski definition) is 4. The van der Waals surface area contributed by atoms with Gasteiger partial charge >= 0.3 is 0 Å². The highest BCUT2D eigenvalue weighted by molar-refractivity contribution is 5.93. The second kappa shape index (κ2) is 5.95. The maximum Gasteiger partial charge on any atom is 0.254 e. The van der Waals surface area contributed by atoms with Gasteiger partial charge < -0.3 is 10.2 Å². The third-order valence-corrected chi connectivity index (χ3v) is 3.70. The van der Waals surface area contributed by atoms with Crippen LogP contribution in [0.4, 0.5) is 5.82 Å². The third-order valence-electron chi connectivity index (χ3n) is 3.70. The van der Waals surface area contributed by atoms with Crippen LogP contribution >= 0.6 is 0 Å². The molecule has 1 atom stereocenters. The average molecular weight is 285 g/mol. The average Bonchev–Trinajstić information content (AvgIpc) is 2.95. The molecule has 1 saturated heterocycles. The van der Waals surface area contributed by atoms with Crippen molar-refractivity contribution < 1.29 is 4.79 Å². The maximum absolute atomic E-state index is 12.2. The van der Waals surface area contributed by atoms with Crippen molar-refractivity contribution >= 4 is 11.7 Å². The molecule has 1 N–H and O–H groups in total. The van der Waals surface area contributed by atoms with Gasteiger partial charge in [0.1, 0.15) is 5.82 Å². The summed E-state index contributed by atoms with van der Waals surface area (Å²) < 4.78 is 1.63. The van der Waals surface area contributed by atoms with Crippen molar-refractivity contribution in [2.75, 3.05) is 18.0 Å². The minimum absolute atomic E-state index is 0.0593. The molecular weight excluding hydrogens is 266 g/mol. The summed E-state index contributed by atoms with van der Waals surface area (Å²) >= 11 is 0. The van der Waals surface area contributed by atoms with E-state index in [4.69, 9.17) is 0 Å². The summed E-state index contributed by atoms with van der Waals surface area (Å²) in [6, 6.07) is 6.05. The molecule has 0 aromatic carbocycles. The lowest BCUT2D eigenvalue weighted by molar-refractivity contribution is 0.0933. The van der Waals surface area contributed by atoms with Crippen LogP contribution in [0.5, 0.6) is 0 Å². The van der Waals surface area contributed by atoms with Crippen LogP contribution in [0.1, 0.15) is 23.2 Å². The first-order valence-corrected chi connectivity index (χ1v) is 7.18. The van der Waals surface area contributed by atoms with Crippen LogP contribution in [0.15, 0.2) is 36.8 Å². The molecule has 0 radical (unpaired) electrons. The lowest BCUT2D eigenvalue weighted by atomic mass is 10.1. The number of aromatic nitrogens is 3. The molecule has 0 saturated carbocycles. The van der Waals surface area contributed by atoms with Gasteiger partial charge in [0.25, 0.3) is 5.91 Å². The molecule has 1 unspecified atom stereocenters. The molecule has 0 spiro atoms. The number of rotatable bonds is 3. The topological polar surface area (TPSA) is 63.1 Å².